The number of hydrogen-bond donors (Lipinski definition) is 3. The third-order valence-electron chi connectivity index (χ3n) is 5.78. The Morgan fingerprint density at radius 1 is 1.17 bits per heavy atom. The van der Waals surface area contributed by atoms with Crippen molar-refractivity contribution in [1.29, 1.82) is 0 Å². The molecule has 0 saturated carbocycles. The Morgan fingerprint density at radius 2 is 1.86 bits per heavy atom. The number of aromatic amines is 1. The Kier molecular flexibility index (Phi) is 6.53. The first-order chi connectivity index (χ1) is 16.7. The van der Waals surface area contributed by atoms with Gasteiger partial charge in [-0.3, -0.25) is 0 Å². The van der Waals surface area contributed by atoms with E-state index in [9.17, 15) is 13.9 Å². The van der Waals surface area contributed by atoms with Gasteiger partial charge in [0.1, 0.15) is 35.8 Å². The van der Waals surface area contributed by atoms with Crippen molar-refractivity contribution in [2.24, 2.45) is 0 Å². The summed E-state index contributed by atoms with van der Waals surface area (Å²) in [7, 11) is 0. The topological polar surface area (TPSA) is 111 Å². The molecule has 2 fully saturated rings. The van der Waals surface area contributed by atoms with Crippen LogP contribution in [0.15, 0.2) is 24.3 Å². The maximum atomic E-state index is 13.9. The normalized spacial score (nSPS) is 24.2. The molecule has 3 N–H and O–H groups in total. The fourth-order valence-corrected chi connectivity index (χ4v) is 4.29. The van der Waals surface area contributed by atoms with Crippen LogP contribution in [0.25, 0.3) is 11.2 Å². The zero-order valence-electron chi connectivity index (χ0n) is 19.1. The lowest BCUT2D eigenvalue weighted by Crippen LogP contribution is -2.38. The van der Waals surface area contributed by atoms with Crippen molar-refractivity contribution in [3.05, 3.63) is 46.5 Å². The molecule has 188 valence electrons. The summed E-state index contributed by atoms with van der Waals surface area (Å²) in [4.78, 5) is 11.7. The fraction of sp³-hybridized carbons (Fsp3) is 0.478. The first-order valence-electron chi connectivity index (χ1n) is 11.1. The molecule has 5 rings (SSSR count). The van der Waals surface area contributed by atoms with Crippen LogP contribution in [-0.4, -0.2) is 69.9 Å². The predicted molar refractivity (Wildman–Crippen MR) is 123 cm³/mol. The summed E-state index contributed by atoms with van der Waals surface area (Å²) in [5, 5.41) is 13.0. The van der Waals surface area contributed by atoms with E-state index in [0.29, 0.717) is 17.8 Å². The van der Waals surface area contributed by atoms with Crippen molar-refractivity contribution in [3.63, 3.8) is 0 Å². The summed E-state index contributed by atoms with van der Waals surface area (Å²) in [6, 6.07) is 5.48. The van der Waals surface area contributed by atoms with Gasteiger partial charge in [0.05, 0.1) is 36.0 Å². The number of ether oxygens (including phenoxy) is 4. The third-order valence-corrected chi connectivity index (χ3v) is 6.06. The summed E-state index contributed by atoms with van der Waals surface area (Å²) in [6.07, 6.45) is -1.38. The Morgan fingerprint density at radius 3 is 2.57 bits per heavy atom. The molecule has 2 aliphatic heterocycles. The molecule has 35 heavy (non-hydrogen) atoms. The second-order valence-corrected chi connectivity index (χ2v) is 9.61. The number of hydrogen-bond acceptors (Lipinski definition) is 8. The SMILES string of the molecule is CC(C)(O)CO[C@@H]1CO[C@H]2[C@@H]1OC[C@H]2Oc1nc2nc(NCc3c(F)cccc3F)c(Cl)cc2[nH]1. The lowest BCUT2D eigenvalue weighted by molar-refractivity contribution is -0.0870. The number of nitrogens with one attached hydrogen (secondary N) is 2. The fourth-order valence-electron chi connectivity index (χ4n) is 4.08. The second-order valence-electron chi connectivity index (χ2n) is 9.20. The molecule has 3 aromatic rings. The number of aliphatic hydroxyl groups is 1. The molecular formula is C23H25ClF2N4O5. The minimum atomic E-state index is -0.952. The monoisotopic (exact) mass is 510 g/mol. The first kappa shape index (κ1) is 24.1. The second kappa shape index (κ2) is 9.47. The molecule has 9 nitrogen and oxygen atoms in total. The van der Waals surface area contributed by atoms with Crippen molar-refractivity contribution in [2.45, 2.75) is 50.4 Å². The Hall–Kier alpha value is -2.57. The highest BCUT2D eigenvalue weighted by molar-refractivity contribution is 6.33. The Labute approximate surface area is 204 Å². The lowest BCUT2D eigenvalue weighted by Gasteiger charge is -2.22. The van der Waals surface area contributed by atoms with Crippen molar-refractivity contribution in [1.82, 2.24) is 15.0 Å². The number of anilines is 1. The summed E-state index contributed by atoms with van der Waals surface area (Å²) < 4.78 is 51.2. The third kappa shape index (κ3) is 5.19. The quantitative estimate of drug-likeness (QED) is 0.424. The molecule has 2 aliphatic rings. The minimum absolute atomic E-state index is 0.117. The average molecular weight is 511 g/mol. The highest BCUT2D eigenvalue weighted by Crippen LogP contribution is 2.32. The van der Waals surface area contributed by atoms with Crippen LogP contribution in [0.1, 0.15) is 19.4 Å². The van der Waals surface area contributed by atoms with Gasteiger partial charge in [-0.1, -0.05) is 17.7 Å². The number of benzene rings is 1. The number of fused-ring (bicyclic) bond motifs is 2. The van der Waals surface area contributed by atoms with Crippen molar-refractivity contribution in [3.8, 4) is 6.01 Å². The lowest BCUT2D eigenvalue weighted by atomic mass is 10.1. The van der Waals surface area contributed by atoms with Crippen LogP contribution in [0.3, 0.4) is 0 Å². The van der Waals surface area contributed by atoms with Gasteiger partial charge in [0.15, 0.2) is 11.8 Å². The smallest absolute Gasteiger partial charge is 0.296 e. The van der Waals surface area contributed by atoms with Crippen LogP contribution in [0.4, 0.5) is 14.6 Å². The summed E-state index contributed by atoms with van der Waals surface area (Å²) in [5.41, 5.74) is -0.225. The van der Waals surface area contributed by atoms with Gasteiger partial charge in [-0.05, 0) is 32.0 Å². The number of aromatic nitrogens is 3. The molecule has 0 aliphatic carbocycles. The number of H-pyrrole nitrogens is 1. The summed E-state index contributed by atoms with van der Waals surface area (Å²) in [6.45, 7) is 3.98. The number of halogens is 3. The van der Waals surface area contributed by atoms with Crippen LogP contribution in [0.2, 0.25) is 5.02 Å². The molecule has 0 spiro atoms. The van der Waals surface area contributed by atoms with Gasteiger partial charge >= 0.3 is 0 Å². The van der Waals surface area contributed by atoms with Gasteiger partial charge in [-0.25, -0.2) is 13.8 Å². The standard InChI is InChI=1S/C23H25ClF2N4O5/c1-23(2,31)10-34-16-8-32-19-17(9-33-18(16)19)35-22-28-15-6-12(24)20(29-21(15)30-22)27-7-11-13(25)4-3-5-14(11)26/h3-6,16-19,31H,7-10H2,1-2H3,(H2,27,28,29,30)/t16-,17-,18-,19-/m1/s1. The van der Waals surface area contributed by atoms with E-state index < -0.39 is 23.3 Å². The Bertz CT molecular complexity index is 1200. The highest BCUT2D eigenvalue weighted by Gasteiger charge is 2.50. The van der Waals surface area contributed by atoms with E-state index in [2.05, 4.69) is 20.3 Å². The molecule has 2 aromatic heterocycles. The van der Waals surface area contributed by atoms with Gasteiger partial charge in [0.2, 0.25) is 0 Å². The van der Waals surface area contributed by atoms with Crippen LogP contribution in [0, 0.1) is 11.6 Å². The van der Waals surface area contributed by atoms with E-state index in [0.717, 1.165) is 0 Å². The van der Waals surface area contributed by atoms with Crippen LogP contribution in [-0.2, 0) is 20.8 Å². The molecule has 0 amide bonds. The van der Waals surface area contributed by atoms with Crippen molar-refractivity contribution < 1.29 is 32.8 Å². The van der Waals surface area contributed by atoms with Crippen LogP contribution < -0.4 is 10.1 Å². The van der Waals surface area contributed by atoms with E-state index in [4.69, 9.17) is 30.5 Å². The van der Waals surface area contributed by atoms with Gasteiger partial charge in [-0.15, -0.1) is 0 Å². The molecule has 0 radical (unpaired) electrons. The molecule has 2 saturated heterocycles. The van der Waals surface area contributed by atoms with Gasteiger partial charge < -0.3 is 34.4 Å². The van der Waals surface area contributed by atoms with E-state index >= 15 is 0 Å². The van der Waals surface area contributed by atoms with Crippen molar-refractivity contribution >= 4 is 28.6 Å². The molecule has 0 bridgehead atoms. The van der Waals surface area contributed by atoms with Crippen molar-refractivity contribution in [2.75, 3.05) is 25.1 Å². The van der Waals surface area contributed by atoms with E-state index in [1.807, 2.05) is 0 Å². The molecule has 0 unspecified atom stereocenters. The highest BCUT2D eigenvalue weighted by atomic mass is 35.5. The number of pyridine rings is 1. The van der Waals surface area contributed by atoms with Gasteiger partial charge in [0.25, 0.3) is 6.01 Å². The summed E-state index contributed by atoms with van der Waals surface area (Å²) >= 11 is 6.31. The zero-order valence-corrected chi connectivity index (χ0v) is 19.8. The van der Waals surface area contributed by atoms with E-state index in [1.165, 1.54) is 18.2 Å². The molecular weight excluding hydrogens is 486 g/mol. The van der Waals surface area contributed by atoms with Crippen LogP contribution >= 0.6 is 11.6 Å². The molecule has 1 aromatic carbocycles. The van der Waals surface area contributed by atoms with Gasteiger partial charge in [0, 0.05) is 12.1 Å². The van der Waals surface area contributed by atoms with Gasteiger partial charge in [-0.2, -0.15) is 4.98 Å². The van der Waals surface area contributed by atoms with E-state index in [-0.39, 0.29) is 60.5 Å². The molecule has 4 heterocycles. The number of imidazole rings is 1. The maximum Gasteiger partial charge on any atom is 0.296 e. The maximum absolute atomic E-state index is 13.9. The summed E-state index contributed by atoms with van der Waals surface area (Å²) in [5.74, 6) is -1.09. The average Bonchev–Trinajstić information content (AvgIpc) is 3.47. The molecule has 4 atom stereocenters. The molecule has 12 heteroatoms. The van der Waals surface area contributed by atoms with Crippen LogP contribution in [0.5, 0.6) is 6.01 Å². The van der Waals surface area contributed by atoms with E-state index in [1.54, 1.807) is 19.9 Å². The first-order valence-corrected chi connectivity index (χ1v) is 11.5. The largest absolute Gasteiger partial charge is 0.456 e. The number of rotatable bonds is 8. The number of nitrogens with zero attached hydrogens (tertiary/aromatic N) is 2. The minimum Gasteiger partial charge on any atom is -0.456 e. The Balaban J connectivity index is 1.25. The predicted octanol–water partition coefficient (Wildman–Crippen LogP) is 3.20. The zero-order chi connectivity index (χ0) is 24.7.